The average Bonchev–Trinajstić information content (AvgIpc) is 2.37. The minimum atomic E-state index is -3.57. The quantitative estimate of drug-likeness (QED) is 0.838. The van der Waals surface area contributed by atoms with Gasteiger partial charge in [0.05, 0.1) is 7.11 Å². The van der Waals surface area contributed by atoms with E-state index in [9.17, 15) is 8.42 Å². The van der Waals surface area contributed by atoms with Gasteiger partial charge in [0.15, 0.2) is 0 Å². The summed E-state index contributed by atoms with van der Waals surface area (Å²) in [6, 6.07) is 5.23. The fourth-order valence-corrected chi connectivity index (χ4v) is 4.12. The van der Waals surface area contributed by atoms with Gasteiger partial charge in [-0.05, 0) is 50.9 Å². The third-order valence-electron chi connectivity index (χ3n) is 3.74. The van der Waals surface area contributed by atoms with E-state index < -0.39 is 10.0 Å². The van der Waals surface area contributed by atoms with Crippen LogP contribution in [-0.2, 0) is 16.6 Å². The van der Waals surface area contributed by atoms with Crippen molar-refractivity contribution in [2.75, 3.05) is 14.2 Å². The molecule has 2 rings (SSSR count). The maximum atomic E-state index is 12.6. The highest BCUT2D eigenvalue weighted by Crippen LogP contribution is 2.34. The monoisotopic (exact) mass is 298 g/mol. The van der Waals surface area contributed by atoms with Crippen molar-refractivity contribution in [1.29, 1.82) is 0 Å². The SMILES string of the molecule is CNCc1ccc(OC)c(S(=O)(=O)NC2(C)CCC2)c1. The Morgan fingerprint density at radius 3 is 2.55 bits per heavy atom. The van der Waals surface area contributed by atoms with E-state index in [2.05, 4.69) is 10.0 Å². The first-order valence-corrected chi connectivity index (χ1v) is 8.24. The second-order valence-electron chi connectivity index (χ2n) is 5.54. The van der Waals surface area contributed by atoms with Crippen LogP contribution in [0.3, 0.4) is 0 Å². The van der Waals surface area contributed by atoms with Gasteiger partial charge in [-0.25, -0.2) is 13.1 Å². The van der Waals surface area contributed by atoms with Crippen LogP contribution in [0.15, 0.2) is 23.1 Å². The number of methoxy groups -OCH3 is 1. The lowest BCUT2D eigenvalue weighted by atomic mass is 9.80. The Bertz CT molecular complexity index is 580. The largest absolute Gasteiger partial charge is 0.495 e. The van der Waals surface area contributed by atoms with Crippen molar-refractivity contribution in [3.63, 3.8) is 0 Å². The van der Waals surface area contributed by atoms with Crippen LogP contribution in [0.5, 0.6) is 5.75 Å². The summed E-state index contributed by atoms with van der Waals surface area (Å²) >= 11 is 0. The fourth-order valence-electron chi connectivity index (χ4n) is 2.43. The van der Waals surface area contributed by atoms with Crippen LogP contribution in [0.4, 0.5) is 0 Å². The van der Waals surface area contributed by atoms with Gasteiger partial charge < -0.3 is 10.1 Å². The second-order valence-corrected chi connectivity index (χ2v) is 7.19. The molecule has 0 heterocycles. The van der Waals surface area contributed by atoms with E-state index in [0.717, 1.165) is 24.8 Å². The van der Waals surface area contributed by atoms with E-state index in [-0.39, 0.29) is 10.4 Å². The van der Waals surface area contributed by atoms with Gasteiger partial charge in [0.2, 0.25) is 10.0 Å². The van der Waals surface area contributed by atoms with Gasteiger partial charge in [0, 0.05) is 12.1 Å². The predicted molar refractivity (Wildman–Crippen MR) is 78.3 cm³/mol. The molecule has 0 aliphatic heterocycles. The lowest BCUT2D eigenvalue weighted by Crippen LogP contribution is -2.50. The third-order valence-corrected chi connectivity index (χ3v) is 5.40. The molecule has 0 amide bonds. The van der Waals surface area contributed by atoms with Gasteiger partial charge in [-0.3, -0.25) is 0 Å². The molecule has 1 aromatic rings. The number of hydrogen-bond acceptors (Lipinski definition) is 4. The molecule has 1 aromatic carbocycles. The maximum Gasteiger partial charge on any atom is 0.244 e. The zero-order valence-electron chi connectivity index (χ0n) is 12.2. The van der Waals surface area contributed by atoms with Crippen LogP contribution >= 0.6 is 0 Å². The number of sulfonamides is 1. The van der Waals surface area contributed by atoms with Gasteiger partial charge in [-0.1, -0.05) is 6.07 Å². The molecule has 20 heavy (non-hydrogen) atoms. The summed E-state index contributed by atoms with van der Waals surface area (Å²) < 4.78 is 33.1. The number of rotatable bonds is 6. The Balaban J connectivity index is 2.35. The molecule has 1 fully saturated rings. The van der Waals surface area contributed by atoms with E-state index in [1.807, 2.05) is 20.0 Å². The second kappa shape index (κ2) is 5.71. The molecule has 1 aliphatic rings. The molecular formula is C14H22N2O3S. The fraction of sp³-hybridized carbons (Fsp3) is 0.571. The molecule has 2 N–H and O–H groups in total. The van der Waals surface area contributed by atoms with Crippen molar-refractivity contribution in [1.82, 2.24) is 10.0 Å². The lowest BCUT2D eigenvalue weighted by Gasteiger charge is -2.38. The van der Waals surface area contributed by atoms with Crippen molar-refractivity contribution in [2.24, 2.45) is 0 Å². The maximum absolute atomic E-state index is 12.6. The van der Waals surface area contributed by atoms with Gasteiger partial charge >= 0.3 is 0 Å². The molecule has 6 heteroatoms. The van der Waals surface area contributed by atoms with E-state index in [1.165, 1.54) is 7.11 Å². The summed E-state index contributed by atoms with van der Waals surface area (Å²) in [6.07, 6.45) is 2.82. The Kier molecular flexibility index (Phi) is 4.36. The summed E-state index contributed by atoms with van der Waals surface area (Å²) in [5.41, 5.74) is 0.593. The average molecular weight is 298 g/mol. The molecule has 112 valence electrons. The molecule has 0 bridgehead atoms. The Hall–Kier alpha value is -1.11. The van der Waals surface area contributed by atoms with Crippen LogP contribution in [-0.4, -0.2) is 28.1 Å². The molecule has 5 nitrogen and oxygen atoms in total. The van der Waals surface area contributed by atoms with Gasteiger partial charge in [0.1, 0.15) is 10.6 Å². The molecular weight excluding hydrogens is 276 g/mol. The van der Waals surface area contributed by atoms with Crippen molar-refractivity contribution >= 4 is 10.0 Å². The van der Waals surface area contributed by atoms with Crippen LogP contribution in [0.1, 0.15) is 31.7 Å². The van der Waals surface area contributed by atoms with Crippen LogP contribution in [0.25, 0.3) is 0 Å². The predicted octanol–water partition coefficient (Wildman–Crippen LogP) is 1.64. The molecule has 0 saturated heterocycles. The molecule has 1 saturated carbocycles. The van der Waals surface area contributed by atoms with E-state index in [1.54, 1.807) is 12.1 Å². The lowest BCUT2D eigenvalue weighted by molar-refractivity contribution is 0.247. The van der Waals surface area contributed by atoms with Gasteiger partial charge in [0.25, 0.3) is 0 Å². The first-order valence-electron chi connectivity index (χ1n) is 6.76. The minimum Gasteiger partial charge on any atom is -0.495 e. The molecule has 0 unspecified atom stereocenters. The normalized spacial score (nSPS) is 17.6. The molecule has 0 radical (unpaired) electrons. The van der Waals surface area contributed by atoms with E-state index in [4.69, 9.17) is 4.74 Å². The highest BCUT2D eigenvalue weighted by atomic mass is 32.2. The molecule has 0 atom stereocenters. The van der Waals surface area contributed by atoms with E-state index in [0.29, 0.717) is 12.3 Å². The smallest absolute Gasteiger partial charge is 0.244 e. The molecule has 1 aliphatic carbocycles. The summed E-state index contributed by atoms with van der Waals surface area (Å²) in [7, 11) is -0.256. The highest BCUT2D eigenvalue weighted by molar-refractivity contribution is 7.89. The van der Waals surface area contributed by atoms with Crippen LogP contribution < -0.4 is 14.8 Å². The summed E-state index contributed by atoms with van der Waals surface area (Å²) in [5.74, 6) is 0.375. The highest BCUT2D eigenvalue weighted by Gasteiger charge is 2.37. The Morgan fingerprint density at radius 1 is 1.35 bits per heavy atom. The third kappa shape index (κ3) is 3.13. The Morgan fingerprint density at radius 2 is 2.05 bits per heavy atom. The first-order chi connectivity index (χ1) is 9.40. The van der Waals surface area contributed by atoms with Crippen molar-refractivity contribution in [3.8, 4) is 5.75 Å². The Labute approximate surface area is 120 Å². The van der Waals surface area contributed by atoms with Crippen molar-refractivity contribution in [2.45, 2.75) is 43.2 Å². The number of hydrogen-bond donors (Lipinski definition) is 2. The van der Waals surface area contributed by atoms with Crippen molar-refractivity contribution in [3.05, 3.63) is 23.8 Å². The van der Waals surface area contributed by atoms with Gasteiger partial charge in [-0.15, -0.1) is 0 Å². The number of nitrogens with one attached hydrogen (secondary N) is 2. The van der Waals surface area contributed by atoms with Crippen molar-refractivity contribution < 1.29 is 13.2 Å². The van der Waals surface area contributed by atoms with E-state index >= 15 is 0 Å². The zero-order chi connectivity index (χ0) is 14.8. The van der Waals surface area contributed by atoms with Crippen LogP contribution in [0, 0.1) is 0 Å². The topological polar surface area (TPSA) is 67.4 Å². The summed E-state index contributed by atoms with van der Waals surface area (Å²) in [4.78, 5) is 0.209. The summed E-state index contributed by atoms with van der Waals surface area (Å²) in [6.45, 7) is 2.56. The first kappa shape index (κ1) is 15.3. The van der Waals surface area contributed by atoms with Gasteiger partial charge in [-0.2, -0.15) is 0 Å². The standard InChI is InChI=1S/C14H22N2O3S/c1-14(7-4-8-14)16-20(17,18)13-9-11(10-15-2)5-6-12(13)19-3/h5-6,9,15-16H,4,7-8,10H2,1-3H3. The summed E-state index contributed by atoms with van der Waals surface area (Å²) in [5, 5.41) is 3.01. The number of benzene rings is 1. The molecule has 0 aromatic heterocycles. The molecule has 0 spiro atoms. The van der Waals surface area contributed by atoms with Crippen LogP contribution in [0.2, 0.25) is 0 Å². The minimum absolute atomic E-state index is 0.209. The zero-order valence-corrected chi connectivity index (χ0v) is 13.0. The number of ether oxygens (including phenoxy) is 1.